The molecule has 3 rings (SSSR count). The zero-order valence-electron chi connectivity index (χ0n) is 18.6. The Morgan fingerprint density at radius 2 is 2.03 bits per heavy atom. The molecule has 3 aromatic rings. The summed E-state index contributed by atoms with van der Waals surface area (Å²) in [5.74, 6) is 0.310. The Labute approximate surface area is 200 Å². The van der Waals surface area contributed by atoms with Crippen LogP contribution in [0.3, 0.4) is 0 Å². The van der Waals surface area contributed by atoms with Crippen LogP contribution in [-0.2, 0) is 17.8 Å². The third-order valence-corrected chi connectivity index (χ3v) is 5.63. The molecule has 0 radical (unpaired) electrons. The van der Waals surface area contributed by atoms with Gasteiger partial charge in [0.25, 0.3) is 5.56 Å². The summed E-state index contributed by atoms with van der Waals surface area (Å²) < 4.78 is 7.09. The van der Waals surface area contributed by atoms with Gasteiger partial charge in [-0.25, -0.2) is 9.78 Å². The highest BCUT2D eigenvalue weighted by atomic mass is 35.5. The topological polar surface area (TPSA) is 125 Å². The normalized spacial score (nSPS) is 11.7. The van der Waals surface area contributed by atoms with Gasteiger partial charge in [-0.15, -0.1) is 0 Å². The van der Waals surface area contributed by atoms with E-state index in [1.807, 2.05) is 26.8 Å². The van der Waals surface area contributed by atoms with Crippen LogP contribution in [0.5, 0.6) is 0 Å². The van der Waals surface area contributed by atoms with Crippen molar-refractivity contribution in [2.24, 2.45) is 0 Å². The lowest BCUT2D eigenvalue weighted by Gasteiger charge is -2.32. The number of halogens is 2. The number of fused-ring (bicyclic) bond motifs is 1. The average Bonchev–Trinajstić information content (AvgIpc) is 3.13. The molecular weight excluding hydrogens is 471 g/mol. The highest BCUT2D eigenvalue weighted by molar-refractivity contribution is 6.42. The van der Waals surface area contributed by atoms with Crippen LogP contribution in [0.4, 0.5) is 10.7 Å². The number of amides is 1. The molecule has 0 unspecified atom stereocenters. The Bertz CT molecular complexity index is 1190. The molecule has 178 valence electrons. The maximum atomic E-state index is 12.6. The third kappa shape index (κ3) is 6.37. The van der Waals surface area contributed by atoms with Crippen molar-refractivity contribution < 1.29 is 14.6 Å². The molecule has 0 aliphatic carbocycles. The first kappa shape index (κ1) is 24.8. The Morgan fingerprint density at radius 3 is 2.70 bits per heavy atom. The van der Waals surface area contributed by atoms with Crippen molar-refractivity contribution in [1.82, 2.24) is 24.6 Å². The fourth-order valence-corrected chi connectivity index (χ4v) is 3.54. The SMILES string of the molecule is CC(C)(C)N(CCOCCn1ncc2nc(NCc3ccc(Cl)c(Cl)c3)[nH]c(=O)c21)C(=O)O. The number of ether oxygens (including phenoxy) is 1. The summed E-state index contributed by atoms with van der Waals surface area (Å²) in [6.45, 7) is 6.94. The minimum absolute atomic E-state index is 0.236. The average molecular weight is 497 g/mol. The molecule has 10 nitrogen and oxygen atoms in total. The summed E-state index contributed by atoms with van der Waals surface area (Å²) in [5, 5.41) is 17.5. The second-order valence-corrected chi connectivity index (χ2v) is 9.15. The number of aromatic amines is 1. The lowest BCUT2D eigenvalue weighted by molar-refractivity contribution is 0.0583. The number of carbonyl (C=O) groups is 1. The molecular formula is C21H26Cl2N6O4. The van der Waals surface area contributed by atoms with Gasteiger partial charge in [-0.1, -0.05) is 29.3 Å². The predicted octanol–water partition coefficient (Wildman–Crippen LogP) is 3.83. The van der Waals surface area contributed by atoms with E-state index in [2.05, 4.69) is 20.4 Å². The van der Waals surface area contributed by atoms with Crippen molar-refractivity contribution in [3.8, 4) is 0 Å². The maximum Gasteiger partial charge on any atom is 0.407 e. The first-order valence-electron chi connectivity index (χ1n) is 10.3. The Balaban J connectivity index is 1.58. The van der Waals surface area contributed by atoms with Gasteiger partial charge in [-0.2, -0.15) is 5.10 Å². The van der Waals surface area contributed by atoms with Crippen molar-refractivity contribution in [2.45, 2.75) is 39.4 Å². The van der Waals surface area contributed by atoms with E-state index in [1.54, 1.807) is 12.1 Å². The molecule has 0 aliphatic heterocycles. The quantitative estimate of drug-likeness (QED) is 0.384. The highest BCUT2D eigenvalue weighted by Crippen LogP contribution is 2.23. The number of anilines is 1. The maximum absolute atomic E-state index is 12.6. The van der Waals surface area contributed by atoms with Crippen LogP contribution in [0.1, 0.15) is 26.3 Å². The number of hydrogen-bond donors (Lipinski definition) is 3. The lowest BCUT2D eigenvalue weighted by Crippen LogP contribution is -2.46. The van der Waals surface area contributed by atoms with E-state index < -0.39 is 11.6 Å². The number of benzene rings is 1. The summed E-state index contributed by atoms with van der Waals surface area (Å²) in [4.78, 5) is 32.4. The van der Waals surface area contributed by atoms with Gasteiger partial charge in [0.15, 0.2) is 5.52 Å². The van der Waals surface area contributed by atoms with Gasteiger partial charge in [-0.3, -0.25) is 14.5 Å². The molecule has 0 fully saturated rings. The van der Waals surface area contributed by atoms with E-state index in [-0.39, 0.29) is 25.3 Å². The van der Waals surface area contributed by atoms with Crippen molar-refractivity contribution in [2.75, 3.05) is 25.1 Å². The van der Waals surface area contributed by atoms with E-state index in [0.29, 0.717) is 40.1 Å². The number of nitrogens with one attached hydrogen (secondary N) is 2. The minimum atomic E-state index is -0.995. The molecule has 33 heavy (non-hydrogen) atoms. The van der Waals surface area contributed by atoms with Gasteiger partial charge in [0.2, 0.25) is 5.95 Å². The molecule has 1 aromatic carbocycles. The summed E-state index contributed by atoms with van der Waals surface area (Å²) in [5.41, 5.74) is 0.810. The minimum Gasteiger partial charge on any atom is -0.465 e. The lowest BCUT2D eigenvalue weighted by atomic mass is 10.1. The molecule has 0 aliphatic rings. The van der Waals surface area contributed by atoms with Crippen molar-refractivity contribution in [1.29, 1.82) is 0 Å². The molecule has 12 heteroatoms. The van der Waals surface area contributed by atoms with Gasteiger partial charge in [0.1, 0.15) is 5.52 Å². The zero-order chi connectivity index (χ0) is 24.2. The summed E-state index contributed by atoms with van der Waals surface area (Å²) >= 11 is 12.0. The molecule has 0 atom stereocenters. The highest BCUT2D eigenvalue weighted by Gasteiger charge is 2.25. The van der Waals surface area contributed by atoms with Gasteiger partial charge in [0.05, 0.1) is 36.0 Å². The summed E-state index contributed by atoms with van der Waals surface area (Å²) in [6, 6.07) is 5.27. The largest absolute Gasteiger partial charge is 0.465 e. The predicted molar refractivity (Wildman–Crippen MR) is 127 cm³/mol. The number of aromatic nitrogens is 4. The Kier molecular flexibility index (Phi) is 7.83. The van der Waals surface area contributed by atoms with E-state index in [0.717, 1.165) is 5.56 Å². The molecule has 2 heterocycles. The van der Waals surface area contributed by atoms with Crippen LogP contribution in [0.2, 0.25) is 10.0 Å². The van der Waals surface area contributed by atoms with E-state index in [4.69, 9.17) is 27.9 Å². The number of carboxylic acid groups (broad SMARTS) is 1. The van der Waals surface area contributed by atoms with E-state index in [9.17, 15) is 14.7 Å². The molecule has 0 saturated carbocycles. The molecule has 2 aromatic heterocycles. The fraction of sp³-hybridized carbons (Fsp3) is 0.429. The third-order valence-electron chi connectivity index (χ3n) is 4.89. The van der Waals surface area contributed by atoms with E-state index in [1.165, 1.54) is 15.8 Å². The number of hydrogen-bond acceptors (Lipinski definition) is 6. The Hall–Kier alpha value is -2.82. The van der Waals surface area contributed by atoms with Crippen LogP contribution in [0.15, 0.2) is 29.2 Å². The molecule has 0 bridgehead atoms. The summed E-state index contributed by atoms with van der Waals surface area (Å²) in [7, 11) is 0. The van der Waals surface area contributed by atoms with Gasteiger partial charge >= 0.3 is 6.09 Å². The van der Waals surface area contributed by atoms with Crippen LogP contribution in [0.25, 0.3) is 11.0 Å². The second-order valence-electron chi connectivity index (χ2n) is 8.34. The first-order chi connectivity index (χ1) is 15.6. The standard InChI is InChI=1S/C21H26Cl2N6O4/c1-21(2,3)28(20(31)32)6-8-33-9-7-29-17-16(12-25-29)26-19(27-18(17)30)24-11-13-4-5-14(22)15(23)10-13/h4-5,10,12H,6-9,11H2,1-3H3,(H,31,32)(H2,24,26,27,30). The molecule has 0 saturated heterocycles. The van der Waals surface area contributed by atoms with Crippen LogP contribution in [0, 0.1) is 0 Å². The molecule has 3 N–H and O–H groups in total. The van der Waals surface area contributed by atoms with Crippen molar-refractivity contribution in [3.05, 3.63) is 50.4 Å². The van der Waals surface area contributed by atoms with Gasteiger partial charge < -0.3 is 20.1 Å². The number of nitrogens with zero attached hydrogens (tertiary/aromatic N) is 4. The van der Waals surface area contributed by atoms with E-state index >= 15 is 0 Å². The van der Waals surface area contributed by atoms with Crippen molar-refractivity contribution >= 4 is 46.3 Å². The zero-order valence-corrected chi connectivity index (χ0v) is 20.1. The van der Waals surface area contributed by atoms with Crippen molar-refractivity contribution in [3.63, 3.8) is 0 Å². The van der Waals surface area contributed by atoms with Crippen LogP contribution in [-0.4, -0.2) is 61.1 Å². The molecule has 1 amide bonds. The summed E-state index contributed by atoms with van der Waals surface area (Å²) in [6.07, 6.45) is 0.520. The first-order valence-corrected chi connectivity index (χ1v) is 11.0. The van der Waals surface area contributed by atoms with Crippen LogP contribution >= 0.6 is 23.2 Å². The van der Waals surface area contributed by atoms with Gasteiger partial charge in [0, 0.05) is 18.6 Å². The number of H-pyrrole nitrogens is 1. The second kappa shape index (κ2) is 10.4. The monoisotopic (exact) mass is 496 g/mol. The Morgan fingerprint density at radius 1 is 1.27 bits per heavy atom. The molecule has 0 spiro atoms. The smallest absolute Gasteiger partial charge is 0.407 e. The number of rotatable bonds is 9. The fourth-order valence-electron chi connectivity index (χ4n) is 3.22. The van der Waals surface area contributed by atoms with Gasteiger partial charge in [-0.05, 0) is 38.5 Å². The van der Waals surface area contributed by atoms with Crippen LogP contribution < -0.4 is 10.9 Å².